The minimum absolute atomic E-state index is 0.0224. The number of fused-ring (bicyclic) bond motifs is 1. The summed E-state index contributed by atoms with van der Waals surface area (Å²) in [6, 6.07) is 7.33. The van der Waals surface area contributed by atoms with Gasteiger partial charge in [-0.05, 0) is 30.7 Å². The Morgan fingerprint density at radius 2 is 2.24 bits per heavy atom. The maximum Gasteiger partial charge on any atom is 0.231 e. The molecule has 0 saturated carbocycles. The molecule has 3 rings (SSSR count). The van der Waals surface area contributed by atoms with Gasteiger partial charge in [0.1, 0.15) is 0 Å². The van der Waals surface area contributed by atoms with Gasteiger partial charge in [-0.15, -0.1) is 0 Å². The van der Waals surface area contributed by atoms with Crippen LogP contribution < -0.4 is 11.1 Å². The van der Waals surface area contributed by atoms with E-state index in [9.17, 15) is 4.79 Å². The molecule has 17 heavy (non-hydrogen) atoms. The molecule has 5 heteroatoms. The molecule has 0 aliphatic carbocycles. The lowest BCUT2D eigenvalue weighted by Gasteiger charge is -2.02. The van der Waals surface area contributed by atoms with Crippen molar-refractivity contribution < 1.29 is 9.32 Å². The molecular weight excluding hydrogens is 218 g/mol. The Bertz CT molecular complexity index is 604. The third-order valence-electron chi connectivity index (χ3n) is 2.98. The molecule has 1 aliphatic rings. The Kier molecular flexibility index (Phi) is 1.95. The number of nitrogen functional groups attached to an aromatic ring is 1. The predicted octanol–water partition coefficient (Wildman–Crippen LogP) is 1.98. The molecule has 2 aromatic rings. The van der Waals surface area contributed by atoms with E-state index < -0.39 is 0 Å². The number of hydrogen-bond acceptors (Lipinski definition) is 4. The van der Waals surface area contributed by atoms with E-state index in [2.05, 4.69) is 10.5 Å². The molecule has 2 heterocycles. The summed E-state index contributed by atoms with van der Waals surface area (Å²) in [7, 11) is 0. The number of rotatable bonds is 1. The summed E-state index contributed by atoms with van der Waals surface area (Å²) in [6.07, 6.45) is 0. The normalized spacial score (nSPS) is 17.9. The number of carbonyl (C=O) groups excluding carboxylic acids is 1. The fourth-order valence-corrected chi connectivity index (χ4v) is 2.00. The van der Waals surface area contributed by atoms with Crippen molar-refractivity contribution in [1.29, 1.82) is 0 Å². The molecule has 0 saturated heterocycles. The molecule has 1 unspecified atom stereocenters. The third kappa shape index (κ3) is 1.47. The van der Waals surface area contributed by atoms with Gasteiger partial charge >= 0.3 is 0 Å². The second-order valence-electron chi connectivity index (χ2n) is 4.13. The SMILES string of the molecule is CC1C(=O)Nc2ccc(-c3cc(N)no3)cc21. The van der Waals surface area contributed by atoms with E-state index >= 15 is 0 Å². The van der Waals surface area contributed by atoms with Crippen molar-refractivity contribution in [2.24, 2.45) is 0 Å². The van der Waals surface area contributed by atoms with Crippen molar-refractivity contribution in [1.82, 2.24) is 5.16 Å². The zero-order valence-electron chi connectivity index (χ0n) is 9.23. The molecule has 5 nitrogen and oxygen atoms in total. The first-order valence-electron chi connectivity index (χ1n) is 5.32. The number of nitrogens with two attached hydrogens (primary N) is 1. The fourth-order valence-electron chi connectivity index (χ4n) is 2.00. The van der Waals surface area contributed by atoms with E-state index in [1.165, 1.54) is 0 Å². The highest BCUT2D eigenvalue weighted by molar-refractivity contribution is 6.03. The first kappa shape index (κ1) is 9.89. The van der Waals surface area contributed by atoms with Crippen molar-refractivity contribution in [2.45, 2.75) is 12.8 Å². The van der Waals surface area contributed by atoms with Gasteiger partial charge in [0.25, 0.3) is 0 Å². The van der Waals surface area contributed by atoms with E-state index in [-0.39, 0.29) is 11.8 Å². The second kappa shape index (κ2) is 3.35. The number of anilines is 2. The molecular formula is C12H11N3O2. The maximum atomic E-state index is 11.5. The topological polar surface area (TPSA) is 81.2 Å². The second-order valence-corrected chi connectivity index (χ2v) is 4.13. The average molecular weight is 229 g/mol. The van der Waals surface area contributed by atoms with Gasteiger partial charge in [-0.1, -0.05) is 5.16 Å². The summed E-state index contributed by atoms with van der Waals surface area (Å²) in [6.45, 7) is 1.87. The molecule has 1 aromatic carbocycles. The minimum atomic E-state index is -0.134. The van der Waals surface area contributed by atoms with Crippen molar-refractivity contribution >= 4 is 17.4 Å². The quantitative estimate of drug-likeness (QED) is 0.783. The molecule has 0 bridgehead atoms. The van der Waals surface area contributed by atoms with Crippen LogP contribution >= 0.6 is 0 Å². The maximum absolute atomic E-state index is 11.5. The lowest BCUT2D eigenvalue weighted by Crippen LogP contribution is -2.08. The molecule has 1 amide bonds. The fraction of sp³-hybridized carbons (Fsp3) is 0.167. The summed E-state index contributed by atoms with van der Waals surface area (Å²) < 4.78 is 5.09. The zero-order valence-corrected chi connectivity index (χ0v) is 9.23. The van der Waals surface area contributed by atoms with Gasteiger partial charge in [-0.3, -0.25) is 4.79 Å². The highest BCUT2D eigenvalue weighted by atomic mass is 16.5. The number of carbonyl (C=O) groups is 1. The van der Waals surface area contributed by atoms with E-state index in [1.807, 2.05) is 25.1 Å². The molecule has 1 aliphatic heterocycles. The Labute approximate surface area is 97.6 Å². The summed E-state index contributed by atoms with van der Waals surface area (Å²) >= 11 is 0. The van der Waals surface area contributed by atoms with Crippen LogP contribution in [0.25, 0.3) is 11.3 Å². The predicted molar refractivity (Wildman–Crippen MR) is 63.4 cm³/mol. The monoisotopic (exact) mass is 229 g/mol. The van der Waals surface area contributed by atoms with Crippen LogP contribution in [-0.2, 0) is 4.79 Å². The highest BCUT2D eigenvalue weighted by Crippen LogP contribution is 2.35. The van der Waals surface area contributed by atoms with Crippen LogP contribution in [0.4, 0.5) is 11.5 Å². The standard InChI is InChI=1S/C12H11N3O2/c1-6-8-4-7(10-5-11(13)15-17-10)2-3-9(8)14-12(6)16/h2-6H,1H3,(H2,13,15)(H,14,16). The Morgan fingerprint density at radius 3 is 2.94 bits per heavy atom. The van der Waals surface area contributed by atoms with Crippen LogP contribution in [-0.4, -0.2) is 11.1 Å². The zero-order chi connectivity index (χ0) is 12.0. The van der Waals surface area contributed by atoms with Crippen molar-refractivity contribution in [3.63, 3.8) is 0 Å². The van der Waals surface area contributed by atoms with Crippen LogP contribution in [0.3, 0.4) is 0 Å². The number of aromatic nitrogens is 1. The van der Waals surface area contributed by atoms with Gasteiger partial charge in [0, 0.05) is 17.3 Å². The van der Waals surface area contributed by atoms with Gasteiger partial charge in [0.2, 0.25) is 5.91 Å². The largest absolute Gasteiger partial charge is 0.381 e. The van der Waals surface area contributed by atoms with Crippen molar-refractivity contribution in [2.75, 3.05) is 11.1 Å². The third-order valence-corrected chi connectivity index (χ3v) is 2.98. The number of benzene rings is 1. The molecule has 86 valence electrons. The van der Waals surface area contributed by atoms with E-state index in [0.717, 1.165) is 16.8 Å². The van der Waals surface area contributed by atoms with E-state index in [4.69, 9.17) is 10.3 Å². The summed E-state index contributed by atoms with van der Waals surface area (Å²) in [5.41, 5.74) is 8.21. The number of amides is 1. The Morgan fingerprint density at radius 1 is 1.41 bits per heavy atom. The Balaban J connectivity index is 2.08. The first-order valence-corrected chi connectivity index (χ1v) is 5.32. The van der Waals surface area contributed by atoms with Gasteiger partial charge in [-0.25, -0.2) is 0 Å². The highest BCUT2D eigenvalue weighted by Gasteiger charge is 2.26. The van der Waals surface area contributed by atoms with Crippen LogP contribution in [0.5, 0.6) is 0 Å². The van der Waals surface area contributed by atoms with Crippen molar-refractivity contribution in [3.8, 4) is 11.3 Å². The van der Waals surface area contributed by atoms with Crippen LogP contribution in [0, 0.1) is 0 Å². The van der Waals surface area contributed by atoms with Crippen LogP contribution in [0.1, 0.15) is 18.4 Å². The average Bonchev–Trinajstić information content (AvgIpc) is 2.85. The number of nitrogens with one attached hydrogen (secondary N) is 1. The van der Waals surface area contributed by atoms with Crippen molar-refractivity contribution in [3.05, 3.63) is 29.8 Å². The smallest absolute Gasteiger partial charge is 0.231 e. The van der Waals surface area contributed by atoms with Crippen LogP contribution in [0.2, 0.25) is 0 Å². The lowest BCUT2D eigenvalue weighted by atomic mass is 10.00. The minimum Gasteiger partial charge on any atom is -0.381 e. The molecule has 0 fully saturated rings. The van der Waals surface area contributed by atoms with E-state index in [1.54, 1.807) is 6.07 Å². The molecule has 0 spiro atoms. The van der Waals surface area contributed by atoms with Gasteiger partial charge in [0.15, 0.2) is 11.6 Å². The van der Waals surface area contributed by atoms with Gasteiger partial charge in [-0.2, -0.15) is 0 Å². The number of hydrogen-bond donors (Lipinski definition) is 2. The van der Waals surface area contributed by atoms with Gasteiger partial charge < -0.3 is 15.6 Å². The van der Waals surface area contributed by atoms with Gasteiger partial charge in [0.05, 0.1) is 5.92 Å². The Hall–Kier alpha value is -2.30. The molecule has 1 atom stereocenters. The first-order chi connectivity index (χ1) is 8.15. The summed E-state index contributed by atoms with van der Waals surface area (Å²) in [5, 5.41) is 6.46. The summed E-state index contributed by atoms with van der Waals surface area (Å²) in [5.74, 6) is 0.846. The number of nitrogens with zero attached hydrogens (tertiary/aromatic N) is 1. The molecule has 1 aromatic heterocycles. The van der Waals surface area contributed by atoms with E-state index in [0.29, 0.717) is 11.6 Å². The summed E-state index contributed by atoms with van der Waals surface area (Å²) in [4.78, 5) is 11.5. The molecule has 0 radical (unpaired) electrons. The lowest BCUT2D eigenvalue weighted by molar-refractivity contribution is -0.116. The van der Waals surface area contributed by atoms with Crippen LogP contribution in [0.15, 0.2) is 28.8 Å². The molecule has 3 N–H and O–H groups in total.